The van der Waals surface area contributed by atoms with E-state index < -0.39 is 0 Å². The second kappa shape index (κ2) is 5.19. The average Bonchev–Trinajstić information content (AvgIpc) is 2.80. The van der Waals surface area contributed by atoms with Crippen molar-refractivity contribution >= 4 is 23.1 Å². The lowest BCUT2D eigenvalue weighted by molar-refractivity contribution is 0.551. The summed E-state index contributed by atoms with van der Waals surface area (Å²) in [7, 11) is 0. The lowest BCUT2D eigenvalue weighted by Gasteiger charge is -2.18. The number of hydrogen-bond acceptors (Lipinski definition) is 3. The number of thiophene rings is 1. The van der Waals surface area contributed by atoms with E-state index in [-0.39, 0.29) is 0 Å². The van der Waals surface area contributed by atoms with Crippen LogP contribution in [0.3, 0.4) is 0 Å². The van der Waals surface area contributed by atoms with Crippen LogP contribution in [-0.2, 0) is 0 Å². The highest BCUT2D eigenvalue weighted by molar-refractivity contribution is 8.01. The van der Waals surface area contributed by atoms with Crippen molar-refractivity contribution in [2.45, 2.75) is 41.7 Å². The Kier molecular flexibility index (Phi) is 3.90. The molecule has 3 heteroatoms. The Morgan fingerprint density at radius 2 is 2.50 bits per heavy atom. The fraction of sp³-hybridized carbons (Fsp3) is 0.636. The zero-order valence-corrected chi connectivity index (χ0v) is 10.2. The molecule has 14 heavy (non-hydrogen) atoms. The molecule has 0 aromatic carbocycles. The zero-order valence-electron chi connectivity index (χ0n) is 8.53. The van der Waals surface area contributed by atoms with Crippen LogP contribution in [0.25, 0.3) is 0 Å². The molecule has 1 aliphatic carbocycles. The Bertz CT molecular complexity index is 258. The highest BCUT2D eigenvalue weighted by Gasteiger charge is 2.27. The van der Waals surface area contributed by atoms with Gasteiger partial charge in [-0.05, 0) is 30.8 Å². The third-order valence-corrected chi connectivity index (χ3v) is 5.16. The first-order chi connectivity index (χ1) is 6.90. The first-order valence-corrected chi connectivity index (χ1v) is 7.09. The van der Waals surface area contributed by atoms with Gasteiger partial charge in [0, 0.05) is 11.3 Å². The highest BCUT2D eigenvalue weighted by Crippen LogP contribution is 2.36. The molecule has 1 N–H and O–H groups in total. The molecule has 0 radical (unpaired) electrons. The predicted molar refractivity (Wildman–Crippen MR) is 65.3 cm³/mol. The summed E-state index contributed by atoms with van der Waals surface area (Å²) in [6.07, 6.45) is 4.12. The number of hydrogen-bond donors (Lipinski definition) is 1. The van der Waals surface area contributed by atoms with Gasteiger partial charge in [0.25, 0.3) is 0 Å². The third kappa shape index (κ3) is 2.53. The van der Waals surface area contributed by atoms with Crippen molar-refractivity contribution in [3.8, 4) is 0 Å². The molecule has 0 amide bonds. The molecule has 0 spiro atoms. The van der Waals surface area contributed by atoms with Crippen LogP contribution < -0.4 is 5.32 Å². The largest absolute Gasteiger partial charge is 0.313 e. The van der Waals surface area contributed by atoms with E-state index in [1.54, 1.807) is 0 Å². The molecule has 1 nitrogen and oxygen atoms in total. The molecule has 0 saturated heterocycles. The Balaban J connectivity index is 1.90. The monoisotopic (exact) mass is 227 g/mol. The Morgan fingerprint density at radius 1 is 1.57 bits per heavy atom. The first-order valence-electron chi connectivity index (χ1n) is 5.33. The Hall–Kier alpha value is 0.01000. The maximum absolute atomic E-state index is 3.59. The van der Waals surface area contributed by atoms with E-state index in [1.807, 2.05) is 11.3 Å². The van der Waals surface area contributed by atoms with E-state index >= 15 is 0 Å². The van der Waals surface area contributed by atoms with Crippen LogP contribution >= 0.6 is 23.1 Å². The van der Waals surface area contributed by atoms with Crippen LogP contribution in [0, 0.1) is 0 Å². The van der Waals surface area contributed by atoms with Crippen molar-refractivity contribution in [3.05, 3.63) is 17.5 Å². The van der Waals surface area contributed by atoms with Crippen LogP contribution in [0.15, 0.2) is 21.7 Å². The van der Waals surface area contributed by atoms with Crippen molar-refractivity contribution in [2.24, 2.45) is 0 Å². The van der Waals surface area contributed by atoms with Crippen molar-refractivity contribution in [1.82, 2.24) is 5.32 Å². The van der Waals surface area contributed by atoms with Crippen LogP contribution in [0.5, 0.6) is 0 Å². The van der Waals surface area contributed by atoms with E-state index in [4.69, 9.17) is 0 Å². The van der Waals surface area contributed by atoms with Gasteiger partial charge in [-0.15, -0.1) is 23.1 Å². The predicted octanol–water partition coefficient (Wildman–Crippen LogP) is 3.37. The standard InChI is InChI=1S/C11H17NS2/c1-2-12-9-5-3-6-10(9)14-11-7-4-8-13-11/h4,7-10,12H,2-3,5-6H2,1H3. The van der Waals surface area contributed by atoms with Crippen LogP contribution in [0.4, 0.5) is 0 Å². The number of nitrogens with one attached hydrogen (secondary N) is 1. The molecule has 1 aromatic heterocycles. The van der Waals surface area contributed by atoms with E-state index in [1.165, 1.54) is 23.5 Å². The van der Waals surface area contributed by atoms with E-state index in [2.05, 4.69) is 41.5 Å². The summed E-state index contributed by atoms with van der Waals surface area (Å²) in [5.41, 5.74) is 0. The summed E-state index contributed by atoms with van der Waals surface area (Å²) in [6.45, 7) is 3.30. The second-order valence-electron chi connectivity index (χ2n) is 3.68. The van der Waals surface area contributed by atoms with Gasteiger partial charge in [0.15, 0.2) is 0 Å². The van der Waals surface area contributed by atoms with Gasteiger partial charge in [0.1, 0.15) is 0 Å². The SMILES string of the molecule is CCNC1CCCC1Sc1cccs1. The van der Waals surface area contributed by atoms with Crippen molar-refractivity contribution < 1.29 is 0 Å². The fourth-order valence-electron chi connectivity index (χ4n) is 2.04. The molecule has 2 atom stereocenters. The quantitative estimate of drug-likeness (QED) is 0.846. The lowest BCUT2D eigenvalue weighted by atomic mass is 10.2. The second-order valence-corrected chi connectivity index (χ2v) is 6.17. The fourth-order valence-corrected chi connectivity index (χ4v) is 4.39. The maximum atomic E-state index is 3.59. The van der Waals surface area contributed by atoms with Crippen LogP contribution in [-0.4, -0.2) is 17.8 Å². The van der Waals surface area contributed by atoms with Crippen molar-refractivity contribution in [1.29, 1.82) is 0 Å². The molecule has 78 valence electrons. The smallest absolute Gasteiger partial charge is 0.0601 e. The highest BCUT2D eigenvalue weighted by atomic mass is 32.2. The summed E-state index contributed by atoms with van der Waals surface area (Å²) in [5.74, 6) is 0. The third-order valence-electron chi connectivity index (χ3n) is 2.68. The lowest BCUT2D eigenvalue weighted by Crippen LogP contribution is -2.33. The molecule has 1 aliphatic rings. The van der Waals surface area contributed by atoms with Gasteiger partial charge in [0.05, 0.1) is 4.21 Å². The molecule has 1 saturated carbocycles. The first kappa shape index (κ1) is 10.5. The van der Waals surface area contributed by atoms with Crippen LogP contribution in [0.1, 0.15) is 26.2 Å². The van der Waals surface area contributed by atoms with Crippen LogP contribution in [0.2, 0.25) is 0 Å². The molecule has 1 heterocycles. The van der Waals surface area contributed by atoms with E-state index in [0.717, 1.165) is 17.8 Å². The van der Waals surface area contributed by atoms with Crippen molar-refractivity contribution in [2.75, 3.05) is 6.54 Å². The normalized spacial score (nSPS) is 26.9. The van der Waals surface area contributed by atoms with Gasteiger partial charge in [0.2, 0.25) is 0 Å². The molecular formula is C11H17NS2. The summed E-state index contributed by atoms with van der Waals surface area (Å²) < 4.78 is 1.47. The number of thioether (sulfide) groups is 1. The molecular weight excluding hydrogens is 210 g/mol. The summed E-state index contributed by atoms with van der Waals surface area (Å²) in [6, 6.07) is 5.12. The van der Waals surface area contributed by atoms with Crippen molar-refractivity contribution in [3.63, 3.8) is 0 Å². The van der Waals surface area contributed by atoms with Gasteiger partial charge in [-0.1, -0.05) is 19.4 Å². The minimum atomic E-state index is 0.743. The molecule has 2 unspecified atom stereocenters. The van der Waals surface area contributed by atoms with Gasteiger partial charge >= 0.3 is 0 Å². The van der Waals surface area contributed by atoms with Gasteiger partial charge in [-0.2, -0.15) is 0 Å². The van der Waals surface area contributed by atoms with Gasteiger partial charge in [-0.3, -0.25) is 0 Å². The van der Waals surface area contributed by atoms with Gasteiger partial charge < -0.3 is 5.32 Å². The molecule has 0 aliphatic heterocycles. The number of rotatable bonds is 4. The van der Waals surface area contributed by atoms with E-state index in [9.17, 15) is 0 Å². The topological polar surface area (TPSA) is 12.0 Å². The Labute approximate surface area is 94.3 Å². The summed E-state index contributed by atoms with van der Waals surface area (Å²) in [5, 5.41) is 6.56. The van der Waals surface area contributed by atoms with E-state index in [0.29, 0.717) is 0 Å². The summed E-state index contributed by atoms with van der Waals surface area (Å²) >= 11 is 3.93. The molecule has 1 fully saturated rings. The minimum Gasteiger partial charge on any atom is -0.313 e. The molecule has 0 bridgehead atoms. The summed E-state index contributed by atoms with van der Waals surface area (Å²) in [4.78, 5) is 0. The average molecular weight is 227 g/mol. The zero-order chi connectivity index (χ0) is 9.80. The van der Waals surface area contributed by atoms with Gasteiger partial charge in [-0.25, -0.2) is 0 Å². The molecule has 2 rings (SSSR count). The Morgan fingerprint density at radius 3 is 3.21 bits per heavy atom. The molecule has 1 aromatic rings. The minimum absolute atomic E-state index is 0.743. The maximum Gasteiger partial charge on any atom is 0.0601 e.